The third-order valence-corrected chi connectivity index (χ3v) is 14.3. The molecule has 268 valence electrons. The highest BCUT2D eigenvalue weighted by molar-refractivity contribution is 6.77. The zero-order valence-electron chi connectivity index (χ0n) is 31.9. The van der Waals surface area contributed by atoms with Crippen molar-refractivity contribution in [2.75, 3.05) is 6.61 Å². The highest BCUT2D eigenvalue weighted by atomic mass is 28.4. The first-order valence-electron chi connectivity index (χ1n) is 16.6. The molecule has 10 nitrogen and oxygen atoms in total. The molecule has 0 aromatic rings. The summed E-state index contributed by atoms with van der Waals surface area (Å²) < 4.78 is 37.4. The van der Waals surface area contributed by atoms with Crippen molar-refractivity contribution in [3.05, 3.63) is 0 Å². The first-order valence-corrected chi connectivity index (χ1v) is 18.8. The largest absolute Gasteiger partial charge is 0.455 e. The van der Waals surface area contributed by atoms with Crippen LogP contribution < -0.4 is 0 Å². The summed E-state index contributed by atoms with van der Waals surface area (Å²) in [6, 6.07) is 0. The van der Waals surface area contributed by atoms with Gasteiger partial charge in [0.05, 0.1) is 28.3 Å². The maximum atomic E-state index is 13.5. The quantitative estimate of drug-likeness (QED) is 0.132. The lowest BCUT2D eigenvalue weighted by atomic mass is 9.93. The van der Waals surface area contributed by atoms with Gasteiger partial charge in [0.25, 0.3) is 0 Å². The van der Waals surface area contributed by atoms with E-state index in [9.17, 15) is 19.2 Å². The molecule has 0 saturated carbocycles. The van der Waals surface area contributed by atoms with E-state index < -0.39 is 84.6 Å². The lowest BCUT2D eigenvalue weighted by Crippen LogP contribution is -2.65. The van der Waals surface area contributed by atoms with Gasteiger partial charge in [0.15, 0.2) is 20.5 Å². The fraction of sp³-hybridized carbons (Fsp3) is 0.886. The Hall–Kier alpha value is -1.98. The maximum Gasteiger partial charge on any atom is 0.313 e. The van der Waals surface area contributed by atoms with Gasteiger partial charge in [-0.25, -0.2) is 0 Å². The summed E-state index contributed by atoms with van der Waals surface area (Å²) in [4.78, 5) is 53.6. The van der Waals surface area contributed by atoms with Crippen molar-refractivity contribution < 1.29 is 47.3 Å². The van der Waals surface area contributed by atoms with E-state index in [0.717, 1.165) is 0 Å². The second kappa shape index (κ2) is 15.1. The van der Waals surface area contributed by atoms with E-state index in [1.54, 1.807) is 83.1 Å². The molecule has 46 heavy (non-hydrogen) atoms. The number of esters is 4. The van der Waals surface area contributed by atoms with Gasteiger partial charge in [-0.15, -0.1) is 0 Å². The number of rotatable bonds is 10. The fourth-order valence-electron chi connectivity index (χ4n) is 5.42. The molecule has 1 rings (SSSR count). The highest BCUT2D eigenvalue weighted by Crippen LogP contribution is 2.43. The molecule has 11 heteroatoms. The molecule has 0 radical (unpaired) electrons. The molecule has 1 aliphatic heterocycles. The van der Waals surface area contributed by atoms with E-state index in [2.05, 4.69) is 41.5 Å². The first-order chi connectivity index (χ1) is 20.5. The van der Waals surface area contributed by atoms with E-state index in [1.165, 1.54) is 0 Å². The van der Waals surface area contributed by atoms with Crippen LogP contribution >= 0.6 is 0 Å². The van der Waals surface area contributed by atoms with Gasteiger partial charge in [-0.1, -0.05) is 41.5 Å². The van der Waals surface area contributed by atoms with Crippen LogP contribution in [0.5, 0.6) is 0 Å². The van der Waals surface area contributed by atoms with Gasteiger partial charge < -0.3 is 28.1 Å². The summed E-state index contributed by atoms with van der Waals surface area (Å²) in [7, 11) is -2.48. The Balaban J connectivity index is 3.98. The van der Waals surface area contributed by atoms with E-state index in [1.807, 2.05) is 0 Å². The Bertz CT molecular complexity index is 1050. The van der Waals surface area contributed by atoms with Crippen molar-refractivity contribution in [2.24, 2.45) is 21.7 Å². The smallest absolute Gasteiger partial charge is 0.313 e. The van der Waals surface area contributed by atoms with E-state index >= 15 is 0 Å². The summed E-state index contributed by atoms with van der Waals surface area (Å²) >= 11 is 0. The van der Waals surface area contributed by atoms with E-state index in [-0.39, 0.29) is 23.2 Å². The minimum Gasteiger partial charge on any atom is -0.455 e. The first kappa shape index (κ1) is 42.0. The van der Waals surface area contributed by atoms with Crippen LogP contribution in [0.25, 0.3) is 0 Å². The second-order valence-corrected chi connectivity index (χ2v) is 23.1. The van der Waals surface area contributed by atoms with Crippen LogP contribution in [0, 0.1) is 21.7 Å². The van der Waals surface area contributed by atoms with Crippen LogP contribution in [0.4, 0.5) is 0 Å². The van der Waals surface area contributed by atoms with Crippen molar-refractivity contribution in [2.45, 2.75) is 172 Å². The van der Waals surface area contributed by atoms with Crippen molar-refractivity contribution >= 4 is 32.2 Å². The predicted molar refractivity (Wildman–Crippen MR) is 179 cm³/mol. The number of hydrogen-bond acceptors (Lipinski definition) is 10. The Kier molecular flexibility index (Phi) is 13.8. The average molecular weight is 673 g/mol. The van der Waals surface area contributed by atoms with Crippen molar-refractivity contribution in [3.8, 4) is 0 Å². The molecule has 5 atom stereocenters. The van der Waals surface area contributed by atoms with Gasteiger partial charge in [0.1, 0.15) is 6.10 Å². The predicted octanol–water partition coefficient (Wildman–Crippen LogP) is 7.37. The number of carbonyl (C=O) groups excluding carboxylic acids is 4. The Morgan fingerprint density at radius 1 is 0.522 bits per heavy atom. The van der Waals surface area contributed by atoms with Crippen LogP contribution in [0.15, 0.2) is 0 Å². The number of ether oxygens (including phenoxy) is 5. The molecule has 0 amide bonds. The topological polar surface area (TPSA) is 124 Å². The minimum atomic E-state index is -2.48. The standard InChI is InChI=1S/C35H64O10Si/c1-20(2)46(21(3)4,22(5)6)40-19-23-24(42-28(36)32(7,8)9)25(43-29(37)33(10,11)12)26(44-30(38)34(13,14)15)27(41-23)45-31(39)35(16,17)18/h20-27H,19H2,1-18H3/t23?,24-,25+,26?,27-/m0/s1. The molecule has 1 heterocycles. The van der Waals surface area contributed by atoms with Crippen LogP contribution in [0.1, 0.15) is 125 Å². The van der Waals surface area contributed by atoms with Crippen molar-refractivity contribution in [3.63, 3.8) is 0 Å². The highest BCUT2D eigenvalue weighted by Gasteiger charge is 2.57. The normalized spacial score (nSPS) is 23.4. The fourth-order valence-corrected chi connectivity index (χ4v) is 10.9. The molecule has 0 aromatic carbocycles. The molecule has 0 spiro atoms. The number of hydrogen-bond donors (Lipinski definition) is 0. The van der Waals surface area contributed by atoms with Crippen molar-refractivity contribution in [1.29, 1.82) is 0 Å². The second-order valence-electron chi connectivity index (χ2n) is 17.7. The van der Waals surface area contributed by atoms with Gasteiger partial charge in [-0.2, -0.15) is 0 Å². The monoisotopic (exact) mass is 672 g/mol. The van der Waals surface area contributed by atoms with Gasteiger partial charge in [0, 0.05) is 0 Å². The Labute approximate surface area is 279 Å². The average Bonchev–Trinajstić information content (AvgIpc) is 2.84. The van der Waals surface area contributed by atoms with E-state index in [0.29, 0.717) is 0 Å². The third kappa shape index (κ3) is 10.5. The van der Waals surface area contributed by atoms with Gasteiger partial charge >= 0.3 is 23.9 Å². The molecule has 0 N–H and O–H groups in total. The van der Waals surface area contributed by atoms with Crippen LogP contribution in [-0.4, -0.2) is 69.5 Å². The molecule has 2 unspecified atom stereocenters. The molecule has 0 aliphatic carbocycles. The maximum absolute atomic E-state index is 13.5. The Morgan fingerprint density at radius 2 is 0.826 bits per heavy atom. The molecule has 1 fully saturated rings. The molecule has 1 saturated heterocycles. The van der Waals surface area contributed by atoms with Crippen LogP contribution in [0.3, 0.4) is 0 Å². The zero-order chi connectivity index (χ0) is 36.4. The molecule has 0 aromatic heterocycles. The lowest BCUT2D eigenvalue weighted by molar-refractivity contribution is -0.305. The van der Waals surface area contributed by atoms with Crippen molar-refractivity contribution in [1.82, 2.24) is 0 Å². The number of carbonyl (C=O) groups is 4. The summed E-state index contributed by atoms with van der Waals surface area (Å²) in [5.74, 6) is -2.45. The van der Waals surface area contributed by atoms with Crippen LogP contribution in [0.2, 0.25) is 16.6 Å². The summed E-state index contributed by atoms with van der Waals surface area (Å²) in [6.07, 6.45) is -6.59. The SMILES string of the molecule is CC(C)[Si](OCC1O[C@@H](OC(=O)C(C)(C)C)C(OC(=O)C(C)(C)C)[C@H](OC(=O)C(C)(C)C)[C@H]1OC(=O)C(C)(C)C)(C(C)C)C(C)C. The lowest BCUT2D eigenvalue weighted by Gasteiger charge is -2.48. The summed E-state index contributed by atoms with van der Waals surface area (Å²) in [5, 5.41) is 0. The third-order valence-electron chi connectivity index (χ3n) is 8.20. The molecule has 0 bridgehead atoms. The minimum absolute atomic E-state index is 0.0318. The van der Waals surface area contributed by atoms with Gasteiger partial charge in [-0.3, -0.25) is 19.2 Å². The summed E-state index contributed by atoms with van der Waals surface area (Å²) in [6.45, 7) is 33.1. The molecule has 1 aliphatic rings. The molecular weight excluding hydrogens is 608 g/mol. The zero-order valence-corrected chi connectivity index (χ0v) is 32.9. The van der Waals surface area contributed by atoms with Crippen LogP contribution in [-0.2, 0) is 47.3 Å². The van der Waals surface area contributed by atoms with E-state index in [4.69, 9.17) is 28.1 Å². The molecular formula is C35H64O10Si. The van der Waals surface area contributed by atoms with Gasteiger partial charge in [0.2, 0.25) is 12.4 Å². The van der Waals surface area contributed by atoms with Gasteiger partial charge in [-0.05, 0) is 99.7 Å². The summed E-state index contributed by atoms with van der Waals surface area (Å²) in [5.41, 5.74) is -3.09. The Morgan fingerprint density at radius 3 is 1.15 bits per heavy atom.